The van der Waals surface area contributed by atoms with Gasteiger partial charge in [-0.15, -0.1) is 0 Å². The minimum atomic E-state index is 0.0688. The molecule has 0 rings (SSSR count). The Morgan fingerprint density at radius 3 is 2.70 bits per heavy atom. The fourth-order valence-electron chi connectivity index (χ4n) is 0.397. The molecular formula is C7H13BrO2. The van der Waals surface area contributed by atoms with Crippen LogP contribution >= 0.6 is 15.9 Å². The number of halogens is 1. The fraction of sp³-hybridized carbons (Fsp3) is 0.714. The first-order chi connectivity index (χ1) is 4.72. The lowest BCUT2D eigenvalue weighted by atomic mass is 10.2. The molecule has 0 heterocycles. The third-order valence-electron chi connectivity index (χ3n) is 1.18. The molecule has 2 nitrogen and oxygen atoms in total. The van der Waals surface area contributed by atoms with E-state index in [9.17, 15) is 0 Å². The minimum absolute atomic E-state index is 0.0688. The van der Waals surface area contributed by atoms with Gasteiger partial charge in [-0.05, 0) is 12.5 Å². The molecular weight excluding hydrogens is 196 g/mol. The SMILES string of the molecule is C=C(CBr)C(C)OCOC. The van der Waals surface area contributed by atoms with Crippen LogP contribution in [0.1, 0.15) is 6.92 Å². The monoisotopic (exact) mass is 208 g/mol. The third kappa shape index (κ3) is 4.04. The predicted molar refractivity (Wildman–Crippen MR) is 45.4 cm³/mol. The second-order valence-corrected chi connectivity index (χ2v) is 2.57. The molecule has 0 aromatic rings. The molecule has 1 unspecified atom stereocenters. The molecule has 0 aliphatic carbocycles. The number of methoxy groups -OCH3 is 1. The largest absolute Gasteiger partial charge is 0.359 e. The smallest absolute Gasteiger partial charge is 0.147 e. The molecule has 3 heteroatoms. The molecule has 0 bridgehead atoms. The van der Waals surface area contributed by atoms with E-state index in [1.807, 2.05) is 6.92 Å². The lowest BCUT2D eigenvalue weighted by molar-refractivity contribution is -0.0526. The van der Waals surface area contributed by atoms with Crippen LogP contribution in [0.4, 0.5) is 0 Å². The number of rotatable bonds is 5. The number of alkyl halides is 1. The van der Waals surface area contributed by atoms with Crippen molar-refractivity contribution in [3.05, 3.63) is 12.2 Å². The summed E-state index contributed by atoms with van der Waals surface area (Å²) in [7, 11) is 1.60. The highest BCUT2D eigenvalue weighted by Gasteiger charge is 2.03. The molecule has 0 radical (unpaired) electrons. The van der Waals surface area contributed by atoms with E-state index in [1.165, 1.54) is 0 Å². The van der Waals surface area contributed by atoms with Gasteiger partial charge in [0.15, 0.2) is 0 Å². The lowest BCUT2D eigenvalue weighted by Gasteiger charge is -2.12. The van der Waals surface area contributed by atoms with Gasteiger partial charge in [-0.3, -0.25) is 0 Å². The van der Waals surface area contributed by atoms with E-state index in [0.29, 0.717) is 6.79 Å². The van der Waals surface area contributed by atoms with E-state index in [-0.39, 0.29) is 6.10 Å². The van der Waals surface area contributed by atoms with Crippen LogP contribution in [-0.2, 0) is 9.47 Å². The molecule has 0 N–H and O–H groups in total. The molecule has 0 aromatic carbocycles. The lowest BCUT2D eigenvalue weighted by Crippen LogP contribution is -2.13. The Morgan fingerprint density at radius 1 is 1.70 bits per heavy atom. The molecule has 0 fully saturated rings. The Balaban J connectivity index is 3.41. The molecule has 1 atom stereocenters. The van der Waals surface area contributed by atoms with Crippen LogP contribution < -0.4 is 0 Å². The van der Waals surface area contributed by atoms with E-state index in [0.717, 1.165) is 10.9 Å². The van der Waals surface area contributed by atoms with Crippen molar-refractivity contribution in [1.82, 2.24) is 0 Å². The zero-order valence-electron chi connectivity index (χ0n) is 6.39. The molecule has 0 saturated carbocycles. The molecule has 0 amide bonds. The summed E-state index contributed by atoms with van der Waals surface area (Å²) in [5.74, 6) is 0. The van der Waals surface area contributed by atoms with Crippen LogP contribution in [-0.4, -0.2) is 25.3 Å². The summed E-state index contributed by atoms with van der Waals surface area (Å²) in [6, 6.07) is 0. The average molecular weight is 209 g/mol. The summed E-state index contributed by atoms with van der Waals surface area (Å²) < 4.78 is 9.92. The normalized spacial score (nSPS) is 13.1. The summed E-state index contributed by atoms with van der Waals surface area (Å²) in [6.07, 6.45) is 0.0688. The van der Waals surface area contributed by atoms with Gasteiger partial charge in [-0.25, -0.2) is 0 Å². The van der Waals surface area contributed by atoms with Crippen LogP contribution in [0.5, 0.6) is 0 Å². The summed E-state index contributed by atoms with van der Waals surface area (Å²) in [5.41, 5.74) is 1.03. The standard InChI is InChI=1S/C7H13BrO2/c1-6(4-8)7(2)10-5-9-3/h7H,1,4-5H2,2-3H3. The van der Waals surface area contributed by atoms with Crippen molar-refractivity contribution in [1.29, 1.82) is 0 Å². The van der Waals surface area contributed by atoms with Gasteiger partial charge in [0.05, 0.1) is 6.10 Å². The van der Waals surface area contributed by atoms with Crippen molar-refractivity contribution in [2.75, 3.05) is 19.2 Å². The maximum Gasteiger partial charge on any atom is 0.147 e. The first kappa shape index (κ1) is 10.1. The van der Waals surface area contributed by atoms with Crippen molar-refractivity contribution >= 4 is 15.9 Å². The Labute approximate surface area is 70.3 Å². The van der Waals surface area contributed by atoms with Crippen molar-refractivity contribution in [2.24, 2.45) is 0 Å². The van der Waals surface area contributed by atoms with E-state index in [4.69, 9.17) is 9.47 Å². The third-order valence-corrected chi connectivity index (χ3v) is 1.90. The Hall–Kier alpha value is 0.140. The van der Waals surface area contributed by atoms with Gasteiger partial charge in [0.25, 0.3) is 0 Å². The number of hydrogen-bond acceptors (Lipinski definition) is 2. The van der Waals surface area contributed by atoms with Crippen LogP contribution in [0.2, 0.25) is 0 Å². The summed E-state index contributed by atoms with van der Waals surface area (Å²) in [6.45, 7) is 6.07. The first-order valence-electron chi connectivity index (χ1n) is 3.06. The van der Waals surface area contributed by atoms with Crippen LogP contribution in [0.15, 0.2) is 12.2 Å². The van der Waals surface area contributed by atoms with Gasteiger partial charge < -0.3 is 9.47 Å². The molecule has 0 aromatic heterocycles. The highest BCUT2D eigenvalue weighted by molar-refractivity contribution is 9.09. The van der Waals surface area contributed by atoms with Crippen LogP contribution in [0.3, 0.4) is 0 Å². The van der Waals surface area contributed by atoms with E-state index in [1.54, 1.807) is 7.11 Å². The predicted octanol–water partition coefficient (Wildman–Crippen LogP) is 1.95. The summed E-state index contributed by atoms with van der Waals surface area (Å²) in [4.78, 5) is 0. The molecule has 0 aliphatic rings. The number of ether oxygens (including phenoxy) is 2. The van der Waals surface area contributed by atoms with Gasteiger partial charge in [-0.1, -0.05) is 22.5 Å². The zero-order valence-corrected chi connectivity index (χ0v) is 7.98. The number of hydrogen-bond donors (Lipinski definition) is 0. The average Bonchev–Trinajstić information content (AvgIpc) is 1.98. The Kier molecular flexibility index (Phi) is 5.97. The fourth-order valence-corrected chi connectivity index (χ4v) is 0.853. The van der Waals surface area contributed by atoms with Gasteiger partial charge >= 0.3 is 0 Å². The second-order valence-electron chi connectivity index (χ2n) is 2.01. The quantitative estimate of drug-likeness (QED) is 0.391. The summed E-state index contributed by atoms with van der Waals surface area (Å²) >= 11 is 3.29. The zero-order chi connectivity index (χ0) is 7.98. The first-order valence-corrected chi connectivity index (χ1v) is 4.18. The van der Waals surface area contributed by atoms with Gasteiger partial charge in [0, 0.05) is 12.4 Å². The van der Waals surface area contributed by atoms with Gasteiger partial charge in [0.1, 0.15) is 6.79 Å². The summed E-state index contributed by atoms with van der Waals surface area (Å²) in [5, 5.41) is 0.776. The molecule has 10 heavy (non-hydrogen) atoms. The van der Waals surface area contributed by atoms with Crippen LogP contribution in [0, 0.1) is 0 Å². The molecule has 0 aliphatic heterocycles. The minimum Gasteiger partial charge on any atom is -0.359 e. The molecule has 0 spiro atoms. The second kappa shape index (κ2) is 5.89. The van der Waals surface area contributed by atoms with E-state index < -0.39 is 0 Å². The molecule has 60 valence electrons. The van der Waals surface area contributed by atoms with E-state index in [2.05, 4.69) is 22.5 Å². The van der Waals surface area contributed by atoms with Crippen molar-refractivity contribution in [2.45, 2.75) is 13.0 Å². The maximum absolute atomic E-state index is 5.19. The highest BCUT2D eigenvalue weighted by Crippen LogP contribution is 2.06. The molecule has 0 saturated heterocycles. The van der Waals surface area contributed by atoms with E-state index >= 15 is 0 Å². The van der Waals surface area contributed by atoms with Crippen molar-refractivity contribution in [3.63, 3.8) is 0 Å². The topological polar surface area (TPSA) is 18.5 Å². The van der Waals surface area contributed by atoms with Crippen molar-refractivity contribution in [3.8, 4) is 0 Å². The van der Waals surface area contributed by atoms with Crippen LogP contribution in [0.25, 0.3) is 0 Å². The van der Waals surface area contributed by atoms with Crippen molar-refractivity contribution < 1.29 is 9.47 Å². The van der Waals surface area contributed by atoms with Gasteiger partial charge in [-0.2, -0.15) is 0 Å². The van der Waals surface area contributed by atoms with Gasteiger partial charge in [0.2, 0.25) is 0 Å². The maximum atomic E-state index is 5.19. The highest BCUT2D eigenvalue weighted by atomic mass is 79.9. The Morgan fingerprint density at radius 2 is 2.30 bits per heavy atom. The Bertz CT molecular complexity index is 104.